The predicted octanol–water partition coefficient (Wildman–Crippen LogP) is 14.3. The first-order valence-electron chi connectivity index (χ1n) is 17.8. The van der Waals surface area contributed by atoms with E-state index in [9.17, 15) is 0 Å². The Morgan fingerprint density at radius 1 is 0.432 bits per heavy atom. The van der Waals surface area contributed by atoms with Crippen LogP contribution in [-0.2, 0) is 0 Å². The van der Waals surface area contributed by atoms with Crippen molar-refractivity contribution in [2.24, 2.45) is 5.41 Å². The molecule has 222 valence electrons. The van der Waals surface area contributed by atoms with Crippen molar-refractivity contribution in [1.29, 1.82) is 0 Å². The van der Waals surface area contributed by atoms with Gasteiger partial charge in [-0.1, -0.05) is 188 Å². The Hall–Kier alpha value is -0.260. The van der Waals surface area contributed by atoms with Crippen LogP contribution in [0.3, 0.4) is 0 Å². The summed E-state index contributed by atoms with van der Waals surface area (Å²) in [6.07, 6.45) is 44.1. The average molecular weight is 519 g/mol. The van der Waals surface area contributed by atoms with E-state index in [4.69, 9.17) is 0 Å². The number of hydrogen-bond acceptors (Lipinski definition) is 0. The van der Waals surface area contributed by atoms with Crippen molar-refractivity contribution < 1.29 is 0 Å². The molecule has 0 fully saturated rings. The van der Waals surface area contributed by atoms with Crippen molar-refractivity contribution in [3.05, 3.63) is 11.6 Å². The van der Waals surface area contributed by atoms with Crippen molar-refractivity contribution in [1.82, 2.24) is 0 Å². The van der Waals surface area contributed by atoms with E-state index < -0.39 is 0 Å². The fraction of sp³-hybridized carbons (Fsp3) is 0.946. The molecule has 0 aromatic rings. The van der Waals surface area contributed by atoms with Gasteiger partial charge in [0.05, 0.1) is 0 Å². The van der Waals surface area contributed by atoms with Gasteiger partial charge >= 0.3 is 0 Å². The Bertz CT molecular complexity index is 461. The van der Waals surface area contributed by atoms with E-state index in [2.05, 4.69) is 40.7 Å². The lowest BCUT2D eigenvalue weighted by Gasteiger charge is -2.32. The van der Waals surface area contributed by atoms with Gasteiger partial charge in [-0.15, -0.1) is 0 Å². The van der Waals surface area contributed by atoms with Gasteiger partial charge in [0.2, 0.25) is 0 Å². The SMILES string of the molecule is CCCCCCCC=C(CCCCCCC)CC(C)(CCCCCCCC)CCCCCCCCCC. The lowest BCUT2D eigenvalue weighted by molar-refractivity contribution is 0.245. The number of rotatable bonds is 30. The second-order valence-electron chi connectivity index (χ2n) is 13.0. The smallest absolute Gasteiger partial charge is 0.0266 e. The molecule has 0 heteroatoms. The maximum Gasteiger partial charge on any atom is -0.0266 e. The summed E-state index contributed by atoms with van der Waals surface area (Å²) in [4.78, 5) is 0. The highest BCUT2D eigenvalue weighted by Gasteiger charge is 2.24. The van der Waals surface area contributed by atoms with Crippen LogP contribution in [0.15, 0.2) is 11.6 Å². The Morgan fingerprint density at radius 3 is 1.22 bits per heavy atom. The highest BCUT2D eigenvalue weighted by molar-refractivity contribution is 5.06. The fourth-order valence-corrected chi connectivity index (χ4v) is 6.14. The lowest BCUT2D eigenvalue weighted by Crippen LogP contribution is -2.18. The first-order chi connectivity index (χ1) is 18.1. The molecule has 0 bridgehead atoms. The normalized spacial score (nSPS) is 13.8. The summed E-state index contributed by atoms with van der Waals surface area (Å²) < 4.78 is 0. The minimum atomic E-state index is 0.532. The standard InChI is InChI=1S/C37H74/c1-6-10-14-18-21-22-26-30-34-37(5,33-29-25-20-16-12-8-3)35-36(31-27-23-17-13-9-4)32-28-24-19-15-11-7-2/h32H,6-31,33-35H2,1-5H3. The van der Waals surface area contributed by atoms with Crippen molar-refractivity contribution in [3.63, 3.8) is 0 Å². The second kappa shape index (κ2) is 28.7. The first kappa shape index (κ1) is 36.7. The van der Waals surface area contributed by atoms with Gasteiger partial charge in [-0.2, -0.15) is 0 Å². The molecular formula is C37H74. The minimum absolute atomic E-state index is 0.532. The first-order valence-corrected chi connectivity index (χ1v) is 17.8. The average Bonchev–Trinajstić information content (AvgIpc) is 2.89. The monoisotopic (exact) mass is 519 g/mol. The Kier molecular flexibility index (Phi) is 28.5. The summed E-state index contributed by atoms with van der Waals surface area (Å²) in [5.41, 5.74) is 2.37. The molecule has 0 saturated carbocycles. The third-order valence-corrected chi connectivity index (χ3v) is 8.76. The summed E-state index contributed by atoms with van der Waals surface area (Å²) >= 11 is 0. The summed E-state index contributed by atoms with van der Waals surface area (Å²) in [6.45, 7) is 12.0. The van der Waals surface area contributed by atoms with Gasteiger partial charge in [-0.3, -0.25) is 0 Å². The van der Waals surface area contributed by atoms with Gasteiger partial charge < -0.3 is 0 Å². The molecule has 0 aliphatic heterocycles. The van der Waals surface area contributed by atoms with Gasteiger partial charge in [0.25, 0.3) is 0 Å². The molecule has 0 aromatic heterocycles. The molecule has 0 saturated heterocycles. The largest absolute Gasteiger partial charge is 0.0853 e. The lowest BCUT2D eigenvalue weighted by atomic mass is 9.74. The predicted molar refractivity (Wildman–Crippen MR) is 173 cm³/mol. The van der Waals surface area contributed by atoms with E-state index >= 15 is 0 Å². The second-order valence-corrected chi connectivity index (χ2v) is 13.0. The third kappa shape index (κ3) is 25.8. The van der Waals surface area contributed by atoms with Crippen molar-refractivity contribution >= 4 is 0 Å². The van der Waals surface area contributed by atoms with E-state index in [1.165, 1.54) is 186 Å². The number of unbranched alkanes of at least 4 members (excludes halogenated alkanes) is 21. The van der Waals surface area contributed by atoms with E-state index in [1.807, 2.05) is 5.57 Å². The zero-order valence-electron chi connectivity index (χ0n) is 27.1. The molecule has 0 nitrogen and oxygen atoms in total. The van der Waals surface area contributed by atoms with Crippen LogP contribution in [0.25, 0.3) is 0 Å². The van der Waals surface area contributed by atoms with Crippen molar-refractivity contribution in [2.75, 3.05) is 0 Å². The van der Waals surface area contributed by atoms with Crippen LogP contribution >= 0.6 is 0 Å². The van der Waals surface area contributed by atoms with Gasteiger partial charge in [0, 0.05) is 0 Å². The molecular weight excluding hydrogens is 444 g/mol. The highest BCUT2D eigenvalue weighted by Crippen LogP contribution is 2.39. The van der Waals surface area contributed by atoms with Crippen LogP contribution in [0.2, 0.25) is 0 Å². The number of allylic oxidation sites excluding steroid dienone is 2. The van der Waals surface area contributed by atoms with Gasteiger partial charge in [0.15, 0.2) is 0 Å². The molecule has 0 radical (unpaired) electrons. The van der Waals surface area contributed by atoms with Gasteiger partial charge in [0.1, 0.15) is 0 Å². The van der Waals surface area contributed by atoms with Crippen molar-refractivity contribution in [3.8, 4) is 0 Å². The Morgan fingerprint density at radius 2 is 0.784 bits per heavy atom. The maximum atomic E-state index is 2.72. The van der Waals surface area contributed by atoms with Crippen LogP contribution in [0.1, 0.15) is 221 Å². The molecule has 0 heterocycles. The van der Waals surface area contributed by atoms with Gasteiger partial charge in [-0.05, 0) is 50.4 Å². The number of hydrogen-bond donors (Lipinski definition) is 0. The molecule has 0 aromatic carbocycles. The molecule has 0 rings (SSSR count). The van der Waals surface area contributed by atoms with E-state index in [0.717, 1.165) is 0 Å². The third-order valence-electron chi connectivity index (χ3n) is 8.76. The Labute approximate surface area is 237 Å². The molecule has 1 unspecified atom stereocenters. The van der Waals surface area contributed by atoms with E-state index in [0.29, 0.717) is 5.41 Å². The molecule has 1 atom stereocenters. The molecule has 0 spiro atoms. The van der Waals surface area contributed by atoms with Gasteiger partial charge in [-0.25, -0.2) is 0 Å². The van der Waals surface area contributed by atoms with Crippen LogP contribution < -0.4 is 0 Å². The topological polar surface area (TPSA) is 0 Å². The van der Waals surface area contributed by atoms with Crippen LogP contribution in [0.5, 0.6) is 0 Å². The summed E-state index contributed by atoms with van der Waals surface area (Å²) in [5, 5.41) is 0. The summed E-state index contributed by atoms with van der Waals surface area (Å²) in [5.74, 6) is 0. The minimum Gasteiger partial charge on any atom is -0.0853 e. The molecule has 37 heavy (non-hydrogen) atoms. The van der Waals surface area contributed by atoms with Crippen LogP contribution in [0, 0.1) is 5.41 Å². The highest BCUT2D eigenvalue weighted by atomic mass is 14.3. The molecule has 0 aliphatic carbocycles. The summed E-state index contributed by atoms with van der Waals surface area (Å²) in [7, 11) is 0. The maximum absolute atomic E-state index is 2.72. The zero-order valence-corrected chi connectivity index (χ0v) is 27.1. The van der Waals surface area contributed by atoms with E-state index in [1.54, 1.807) is 0 Å². The fourth-order valence-electron chi connectivity index (χ4n) is 6.14. The molecule has 0 N–H and O–H groups in total. The molecule has 0 aliphatic rings. The van der Waals surface area contributed by atoms with E-state index in [-0.39, 0.29) is 0 Å². The summed E-state index contributed by atoms with van der Waals surface area (Å²) in [6, 6.07) is 0. The van der Waals surface area contributed by atoms with Crippen LogP contribution in [-0.4, -0.2) is 0 Å². The van der Waals surface area contributed by atoms with Crippen molar-refractivity contribution in [2.45, 2.75) is 221 Å². The molecule has 0 amide bonds. The zero-order chi connectivity index (χ0) is 27.3. The Balaban J connectivity index is 4.89. The quantitative estimate of drug-likeness (QED) is 0.0655. The van der Waals surface area contributed by atoms with Crippen LogP contribution in [0.4, 0.5) is 0 Å².